The molecule has 3 N–H and O–H groups in total. The van der Waals surface area contributed by atoms with Crippen LogP contribution in [0.1, 0.15) is 46.8 Å². The molecule has 3 heterocycles. The Labute approximate surface area is 245 Å². The van der Waals surface area contributed by atoms with E-state index in [2.05, 4.69) is 45.0 Å². The number of hydrogen-bond donors (Lipinski definition) is 3. The molecule has 2 aromatic heterocycles. The molecule has 0 bridgehead atoms. The maximum absolute atomic E-state index is 13.1. The molecule has 210 valence electrons. The number of ether oxygens (including phenoxy) is 1. The maximum Gasteiger partial charge on any atom is 0.272 e. The van der Waals surface area contributed by atoms with Crippen LogP contribution in [0.5, 0.6) is 5.75 Å². The molecule has 1 saturated heterocycles. The molecule has 11 nitrogen and oxygen atoms in total. The van der Waals surface area contributed by atoms with E-state index in [9.17, 15) is 14.4 Å². The monoisotopic (exact) mass is 571 g/mol. The van der Waals surface area contributed by atoms with Gasteiger partial charge in [0.25, 0.3) is 11.8 Å². The van der Waals surface area contributed by atoms with Crippen LogP contribution in [0.15, 0.2) is 30.5 Å². The number of methoxy groups -OCH3 is 1. The van der Waals surface area contributed by atoms with Gasteiger partial charge in [0.15, 0.2) is 17.3 Å². The minimum absolute atomic E-state index is 0.0171. The quantitative estimate of drug-likeness (QED) is 0.315. The van der Waals surface area contributed by atoms with Crippen molar-refractivity contribution >= 4 is 69.8 Å². The van der Waals surface area contributed by atoms with Crippen LogP contribution in [0, 0.1) is 11.3 Å². The summed E-state index contributed by atoms with van der Waals surface area (Å²) in [5.74, 6) is 0.140. The Morgan fingerprint density at radius 1 is 1.12 bits per heavy atom. The molecule has 15 heteroatoms. The summed E-state index contributed by atoms with van der Waals surface area (Å²) in [6.45, 7) is 5.71. The van der Waals surface area contributed by atoms with Gasteiger partial charge in [-0.1, -0.05) is 19.9 Å². The number of amides is 3. The first-order chi connectivity index (χ1) is 19.3. The van der Waals surface area contributed by atoms with Gasteiger partial charge in [-0.2, -0.15) is 0 Å². The average Bonchev–Trinajstić information content (AvgIpc) is 3.62. The molecule has 0 radical (unpaired) electrons. The van der Waals surface area contributed by atoms with Crippen LogP contribution in [0.3, 0.4) is 0 Å². The Balaban J connectivity index is 1.45. The van der Waals surface area contributed by atoms with E-state index in [1.54, 1.807) is 25.4 Å². The minimum atomic E-state index is -0.502. The number of nitrogens with one attached hydrogen (secondary N) is 3. The number of anilines is 3. The summed E-state index contributed by atoms with van der Waals surface area (Å²) in [4.78, 5) is 45.4. The highest BCUT2D eigenvalue weighted by atomic mass is 32.1. The maximum atomic E-state index is 13.1. The number of benzene rings is 1. The third-order valence-corrected chi connectivity index (χ3v) is 7.68. The second-order valence-electron chi connectivity index (χ2n) is 12.3. The molecular formula is C26H32B3N7O4S. The van der Waals surface area contributed by atoms with Gasteiger partial charge in [-0.3, -0.25) is 14.4 Å². The van der Waals surface area contributed by atoms with Crippen molar-refractivity contribution < 1.29 is 19.1 Å². The summed E-state index contributed by atoms with van der Waals surface area (Å²) < 4.78 is 5.80. The zero-order valence-electron chi connectivity index (χ0n) is 24.1. The predicted octanol–water partition coefficient (Wildman–Crippen LogP) is 0.423. The van der Waals surface area contributed by atoms with Gasteiger partial charge >= 0.3 is 0 Å². The second kappa shape index (κ2) is 10.8. The number of rotatable bonds is 9. The van der Waals surface area contributed by atoms with Crippen LogP contribution in [0.2, 0.25) is 0 Å². The lowest BCUT2D eigenvalue weighted by atomic mass is 9.49. The molecular weight excluding hydrogens is 539 g/mol. The highest BCUT2D eigenvalue weighted by molar-refractivity contribution is 7.17. The van der Waals surface area contributed by atoms with Crippen LogP contribution in [-0.2, 0) is 4.79 Å². The fraction of sp³-hybridized carbons (Fsp3) is 0.385. The van der Waals surface area contributed by atoms with Gasteiger partial charge in [0, 0.05) is 25.1 Å². The summed E-state index contributed by atoms with van der Waals surface area (Å²) in [5.41, 5.74) is 1.79. The molecule has 3 amide bonds. The van der Waals surface area contributed by atoms with E-state index >= 15 is 0 Å². The van der Waals surface area contributed by atoms with Crippen LogP contribution < -0.4 is 20.7 Å². The normalized spacial score (nSPS) is 15.9. The molecule has 1 aliphatic carbocycles. The van der Waals surface area contributed by atoms with Gasteiger partial charge < -0.3 is 25.6 Å². The zero-order valence-corrected chi connectivity index (χ0v) is 24.9. The van der Waals surface area contributed by atoms with Crippen molar-refractivity contribution in [3.05, 3.63) is 41.0 Å². The van der Waals surface area contributed by atoms with E-state index in [1.807, 2.05) is 40.6 Å². The number of carbonyl (C=O) groups excluding carboxylic acids is 3. The lowest BCUT2D eigenvalue weighted by Crippen LogP contribution is -2.55. The topological polar surface area (TPSA) is 138 Å². The van der Waals surface area contributed by atoms with Gasteiger partial charge in [0.05, 0.1) is 30.2 Å². The third-order valence-electron chi connectivity index (χ3n) is 6.66. The van der Waals surface area contributed by atoms with Crippen molar-refractivity contribution in [1.29, 1.82) is 0 Å². The Morgan fingerprint density at radius 3 is 2.49 bits per heavy atom. The summed E-state index contributed by atoms with van der Waals surface area (Å²) in [5, 5.41) is 17.3. The SMILES string of the molecule is BC(B)(B)NC(=O)c1nnc(NC(=O)C2CC2)cc1Nc1cccc(-c2ncc(C(=O)N3CC(C)(C)C3)s2)c1OC. The number of likely N-dealkylation sites (tertiary alicyclic amines) is 1. The van der Waals surface area contributed by atoms with Crippen LogP contribution in [0.25, 0.3) is 10.6 Å². The largest absolute Gasteiger partial charge is 0.494 e. The van der Waals surface area contributed by atoms with Crippen molar-refractivity contribution in [1.82, 2.24) is 25.4 Å². The second-order valence-corrected chi connectivity index (χ2v) is 13.4. The minimum Gasteiger partial charge on any atom is -0.494 e. The number of thiazole rings is 1. The first kappa shape index (κ1) is 28.7. The van der Waals surface area contributed by atoms with E-state index in [4.69, 9.17) is 4.74 Å². The number of nitrogens with zero attached hydrogens (tertiary/aromatic N) is 4. The van der Waals surface area contributed by atoms with E-state index < -0.39 is 11.1 Å². The fourth-order valence-electron chi connectivity index (χ4n) is 4.64. The summed E-state index contributed by atoms with van der Waals surface area (Å²) in [7, 11) is 7.17. The highest BCUT2D eigenvalue weighted by Gasteiger charge is 2.38. The van der Waals surface area contributed by atoms with Crippen LogP contribution in [0.4, 0.5) is 17.2 Å². The number of hydrogen-bond acceptors (Lipinski definition) is 9. The molecule has 0 unspecified atom stereocenters. The molecule has 2 fully saturated rings. The standard InChI is InChI=1S/C26H32B3N7O4S/c1-25(2)11-36(12-25)24(39)17-10-30-23(41-17)14-5-4-6-15(20(14)40-3)31-16-9-18(32-21(37)13-7-8-13)34-35-19(16)22(38)33-26(27,28)29/h4-6,9-10,13H,7-8,11-12,27-29H2,1-3H3,(H,33,38)(H2,31,32,34,37). The Hall–Kier alpha value is -3.87. The van der Waals surface area contributed by atoms with Gasteiger partial charge in [-0.05, 0) is 35.6 Å². The summed E-state index contributed by atoms with van der Waals surface area (Å²) in [6.07, 6.45) is 3.30. The smallest absolute Gasteiger partial charge is 0.272 e. The predicted molar refractivity (Wildman–Crippen MR) is 166 cm³/mol. The highest BCUT2D eigenvalue weighted by Crippen LogP contribution is 2.41. The van der Waals surface area contributed by atoms with Gasteiger partial charge in [0.2, 0.25) is 5.91 Å². The number of aromatic nitrogens is 3. The van der Waals surface area contributed by atoms with Gasteiger partial charge in [-0.25, -0.2) is 4.98 Å². The molecule has 0 atom stereocenters. The molecule has 1 saturated carbocycles. The van der Waals surface area contributed by atoms with E-state index in [0.29, 0.717) is 32.6 Å². The van der Waals surface area contributed by atoms with E-state index in [0.717, 1.165) is 25.9 Å². The summed E-state index contributed by atoms with van der Waals surface area (Å²) >= 11 is 1.30. The van der Waals surface area contributed by atoms with E-state index in [-0.39, 0.29) is 34.7 Å². The van der Waals surface area contributed by atoms with Crippen LogP contribution >= 0.6 is 11.3 Å². The lowest BCUT2D eigenvalue weighted by Gasteiger charge is -2.45. The van der Waals surface area contributed by atoms with Gasteiger partial charge in [-0.15, -0.1) is 21.5 Å². The van der Waals surface area contributed by atoms with Crippen molar-refractivity contribution in [3.8, 4) is 16.3 Å². The first-order valence-corrected chi connectivity index (χ1v) is 14.4. The first-order valence-electron chi connectivity index (χ1n) is 13.5. The Bertz CT molecular complexity index is 1510. The van der Waals surface area contributed by atoms with Gasteiger partial charge in [0.1, 0.15) is 33.4 Å². The van der Waals surface area contributed by atoms with Crippen molar-refractivity contribution in [3.63, 3.8) is 0 Å². The molecule has 1 aromatic carbocycles. The molecule has 41 heavy (non-hydrogen) atoms. The Morgan fingerprint density at radius 2 is 1.85 bits per heavy atom. The van der Waals surface area contributed by atoms with Crippen LogP contribution in [-0.4, -0.2) is 86.8 Å². The molecule has 0 spiro atoms. The fourth-order valence-corrected chi connectivity index (χ4v) is 5.55. The number of para-hydroxylation sites is 1. The molecule has 1 aliphatic heterocycles. The third kappa shape index (κ3) is 6.56. The average molecular weight is 571 g/mol. The van der Waals surface area contributed by atoms with Crippen molar-refractivity contribution in [2.24, 2.45) is 11.3 Å². The zero-order chi connectivity index (χ0) is 29.5. The van der Waals surface area contributed by atoms with E-state index in [1.165, 1.54) is 11.3 Å². The number of carbonyl (C=O) groups is 3. The molecule has 3 aromatic rings. The Kier molecular flexibility index (Phi) is 7.58. The lowest BCUT2D eigenvalue weighted by molar-refractivity contribution is -0.117. The van der Waals surface area contributed by atoms with Crippen molar-refractivity contribution in [2.75, 3.05) is 30.8 Å². The molecule has 2 aliphatic rings. The summed E-state index contributed by atoms with van der Waals surface area (Å²) in [6, 6.07) is 7.09. The molecule has 5 rings (SSSR count). The van der Waals surface area contributed by atoms with Crippen molar-refractivity contribution in [2.45, 2.75) is 31.9 Å².